The molecule has 6 nitrogen and oxygen atoms in total. The summed E-state index contributed by atoms with van der Waals surface area (Å²) in [5.41, 5.74) is 1.99. The summed E-state index contributed by atoms with van der Waals surface area (Å²) in [6, 6.07) is 17.5. The van der Waals surface area contributed by atoms with Crippen molar-refractivity contribution in [1.29, 1.82) is 0 Å². The maximum absolute atomic E-state index is 11.8. The van der Waals surface area contributed by atoms with Crippen molar-refractivity contribution >= 4 is 33.3 Å². The molecule has 28 heavy (non-hydrogen) atoms. The van der Waals surface area contributed by atoms with E-state index in [9.17, 15) is 13.0 Å². The molecule has 0 aliphatic carbocycles. The average Bonchev–Trinajstić information content (AvgIpc) is 2.67. The van der Waals surface area contributed by atoms with Crippen LogP contribution in [0.1, 0.15) is 17.5 Å². The minimum absolute atomic E-state index is 0. The first-order valence-corrected chi connectivity index (χ1v) is 10.7. The Labute approximate surface area is 190 Å². The Morgan fingerprint density at radius 3 is 2.00 bits per heavy atom. The van der Waals surface area contributed by atoms with Gasteiger partial charge in [-0.25, -0.2) is 18.4 Å². The zero-order valence-electron chi connectivity index (χ0n) is 15.2. The zero-order valence-corrected chi connectivity index (χ0v) is 18.9. The summed E-state index contributed by atoms with van der Waals surface area (Å²) in [6.07, 6.45) is 2.99. The van der Waals surface area contributed by atoms with E-state index in [-0.39, 0.29) is 41.8 Å². The van der Waals surface area contributed by atoms with Crippen molar-refractivity contribution < 1.29 is 42.5 Å². The monoisotopic (exact) mass is 421 g/mol. The van der Waals surface area contributed by atoms with Gasteiger partial charge < -0.3 is 9.45 Å². The third kappa shape index (κ3) is 4.42. The molecular weight excluding hydrogens is 405 g/mol. The van der Waals surface area contributed by atoms with E-state index < -0.39 is 15.4 Å². The number of aromatic nitrogens is 2. The molecule has 0 fully saturated rings. The number of hydrogen-bond donors (Lipinski definition) is 0. The van der Waals surface area contributed by atoms with Crippen molar-refractivity contribution in [3.63, 3.8) is 0 Å². The Morgan fingerprint density at radius 2 is 1.46 bits per heavy atom. The Balaban J connectivity index is 0.00000225. The van der Waals surface area contributed by atoms with Crippen molar-refractivity contribution in [2.75, 3.05) is 11.4 Å². The minimum Gasteiger partial charge on any atom is -0.747 e. The first-order chi connectivity index (χ1) is 13.0. The van der Waals surface area contributed by atoms with Crippen LogP contribution in [0.2, 0.25) is 0 Å². The average molecular weight is 421 g/mol. The fourth-order valence-electron chi connectivity index (χ4n) is 3.15. The van der Waals surface area contributed by atoms with Gasteiger partial charge in [0.15, 0.2) is 0 Å². The topological polar surface area (TPSA) is 86.2 Å². The van der Waals surface area contributed by atoms with Crippen LogP contribution >= 0.6 is 11.8 Å². The molecular formula is C19H16N3NaO3S2. The van der Waals surface area contributed by atoms with Gasteiger partial charge in [0.05, 0.1) is 11.4 Å². The van der Waals surface area contributed by atoms with Crippen LogP contribution in [0.5, 0.6) is 0 Å². The van der Waals surface area contributed by atoms with Gasteiger partial charge in [-0.05, 0) is 36.8 Å². The van der Waals surface area contributed by atoms with Gasteiger partial charge >= 0.3 is 29.6 Å². The summed E-state index contributed by atoms with van der Waals surface area (Å²) in [7, 11) is -4.58. The van der Waals surface area contributed by atoms with Gasteiger partial charge in [-0.3, -0.25) is 0 Å². The smallest absolute Gasteiger partial charge is 0.747 e. The van der Waals surface area contributed by atoms with Crippen LogP contribution in [0.15, 0.2) is 76.8 Å². The molecule has 9 heteroatoms. The van der Waals surface area contributed by atoms with Gasteiger partial charge in [0.1, 0.15) is 21.2 Å². The van der Waals surface area contributed by atoms with Crippen LogP contribution in [0.25, 0.3) is 0 Å². The van der Waals surface area contributed by atoms with E-state index in [1.54, 1.807) is 17.8 Å². The van der Waals surface area contributed by atoms with Gasteiger partial charge in [0.25, 0.3) is 0 Å². The predicted octanol–water partition coefficient (Wildman–Crippen LogP) is 0.760. The largest absolute Gasteiger partial charge is 1.00 e. The maximum Gasteiger partial charge on any atom is 1.00 e. The first-order valence-electron chi connectivity index (χ1n) is 8.39. The van der Waals surface area contributed by atoms with Gasteiger partial charge in [0, 0.05) is 28.7 Å². The van der Waals surface area contributed by atoms with Gasteiger partial charge in [-0.2, -0.15) is 0 Å². The fourth-order valence-corrected chi connectivity index (χ4v) is 5.02. The molecule has 0 bridgehead atoms. The second kappa shape index (κ2) is 8.94. The number of fused-ring (bicyclic) bond motifs is 2. The molecule has 1 atom stereocenters. The second-order valence-electron chi connectivity index (χ2n) is 6.07. The molecule has 1 aliphatic heterocycles. The molecule has 1 unspecified atom stereocenters. The van der Waals surface area contributed by atoms with Crippen molar-refractivity contribution in [2.24, 2.45) is 0 Å². The van der Waals surface area contributed by atoms with E-state index in [4.69, 9.17) is 0 Å². The molecule has 3 aromatic rings. The molecule has 0 saturated heterocycles. The number of para-hydroxylation sites is 2. The molecule has 0 radical (unpaired) electrons. The standard InChI is InChI=1S/C19H17N3O3S2.Na/c23-27(24,25)18(19-20-11-5-12-21-19)10-13-22-14-6-1-3-8-16(14)26-17-9-4-2-7-15(17)22;/h1-9,11-12,18H,10,13H2,(H,23,24,25);/q;+1/p-1. The van der Waals surface area contributed by atoms with Crippen molar-refractivity contribution in [2.45, 2.75) is 21.5 Å². The van der Waals surface area contributed by atoms with Crippen LogP contribution in [-0.2, 0) is 10.1 Å². The third-order valence-corrected chi connectivity index (χ3v) is 6.64. The third-order valence-electron chi connectivity index (χ3n) is 4.37. The van der Waals surface area contributed by atoms with Crippen molar-refractivity contribution in [1.82, 2.24) is 9.97 Å². The molecule has 4 rings (SSSR count). The fraction of sp³-hybridized carbons (Fsp3) is 0.158. The van der Waals surface area contributed by atoms with Gasteiger partial charge in [-0.1, -0.05) is 36.0 Å². The van der Waals surface area contributed by atoms with E-state index in [0.717, 1.165) is 21.2 Å². The Bertz CT molecular complexity index is 1020. The summed E-state index contributed by atoms with van der Waals surface area (Å²) in [6.45, 7) is 0.360. The number of anilines is 2. The van der Waals surface area contributed by atoms with Crippen LogP contribution in [0.4, 0.5) is 11.4 Å². The summed E-state index contributed by atoms with van der Waals surface area (Å²) in [4.78, 5) is 12.2. The summed E-state index contributed by atoms with van der Waals surface area (Å²) in [5, 5.41) is -1.28. The SMILES string of the molecule is O=S(=O)([O-])C(CCN1c2ccccc2Sc2ccccc21)c1ncccn1.[Na+]. The molecule has 0 amide bonds. The number of hydrogen-bond acceptors (Lipinski definition) is 7. The Kier molecular flexibility index (Phi) is 6.80. The van der Waals surface area contributed by atoms with Gasteiger partial charge in [-0.15, -0.1) is 0 Å². The first kappa shape index (κ1) is 21.3. The van der Waals surface area contributed by atoms with E-state index in [1.165, 1.54) is 12.4 Å². The molecule has 0 saturated carbocycles. The molecule has 138 valence electrons. The molecule has 1 aromatic heterocycles. The van der Waals surface area contributed by atoms with Crippen LogP contribution in [0.3, 0.4) is 0 Å². The molecule has 1 aliphatic rings. The summed E-state index contributed by atoms with van der Waals surface area (Å²) < 4.78 is 35.5. The van der Waals surface area contributed by atoms with Crippen LogP contribution in [-0.4, -0.2) is 29.5 Å². The van der Waals surface area contributed by atoms with E-state index in [2.05, 4.69) is 14.9 Å². The quantitative estimate of drug-likeness (QED) is 0.444. The van der Waals surface area contributed by atoms with Crippen molar-refractivity contribution in [3.05, 3.63) is 72.8 Å². The maximum atomic E-state index is 11.8. The van der Waals surface area contributed by atoms with Crippen LogP contribution in [0, 0.1) is 0 Å². The van der Waals surface area contributed by atoms with E-state index >= 15 is 0 Å². The molecule has 2 heterocycles. The van der Waals surface area contributed by atoms with Gasteiger partial charge in [0.2, 0.25) is 0 Å². The Morgan fingerprint density at radius 1 is 0.929 bits per heavy atom. The number of benzene rings is 2. The second-order valence-corrected chi connectivity index (χ2v) is 8.70. The van der Waals surface area contributed by atoms with E-state index in [1.807, 2.05) is 48.5 Å². The molecule has 0 N–H and O–H groups in total. The summed E-state index contributed by atoms with van der Waals surface area (Å²) >= 11 is 1.68. The number of rotatable bonds is 5. The minimum atomic E-state index is -4.58. The van der Waals surface area contributed by atoms with Crippen LogP contribution < -0.4 is 34.5 Å². The molecule has 0 spiro atoms. The van der Waals surface area contributed by atoms with E-state index in [0.29, 0.717) is 6.54 Å². The normalized spacial score (nSPS) is 13.8. The Hall–Kier alpha value is -1.42. The van der Waals surface area contributed by atoms with Crippen molar-refractivity contribution in [3.8, 4) is 0 Å². The number of nitrogens with zero attached hydrogens (tertiary/aromatic N) is 3. The predicted molar refractivity (Wildman–Crippen MR) is 103 cm³/mol. The summed E-state index contributed by atoms with van der Waals surface area (Å²) in [5.74, 6) is 0.0421. The molecule has 2 aromatic carbocycles. The zero-order chi connectivity index (χ0) is 18.9.